The Morgan fingerprint density at radius 3 is 2.42 bits per heavy atom. The van der Waals surface area contributed by atoms with Crippen LogP contribution in [0.5, 0.6) is 11.5 Å². The van der Waals surface area contributed by atoms with Crippen LogP contribution in [-0.2, 0) is 6.61 Å². The molecule has 2 heterocycles. The third kappa shape index (κ3) is 4.99. The molecule has 31 heavy (non-hydrogen) atoms. The first kappa shape index (κ1) is 21.2. The molecular formula is C24H27N3O3S. The fraction of sp³-hybridized carbons (Fsp3) is 0.333. The van der Waals surface area contributed by atoms with Crippen LogP contribution >= 0.6 is 11.3 Å². The summed E-state index contributed by atoms with van der Waals surface area (Å²) in [5.74, 6) is 1.49. The fourth-order valence-electron chi connectivity index (χ4n) is 3.71. The Hall–Kier alpha value is -3.06. The maximum absolute atomic E-state index is 13.2. The highest BCUT2D eigenvalue weighted by Crippen LogP contribution is 2.29. The van der Waals surface area contributed by atoms with Gasteiger partial charge in [0.2, 0.25) is 0 Å². The average Bonchev–Trinajstić information content (AvgIpc) is 3.23. The van der Waals surface area contributed by atoms with Crippen LogP contribution in [0.25, 0.3) is 0 Å². The zero-order valence-electron chi connectivity index (χ0n) is 17.9. The molecule has 1 aromatic heterocycles. The summed E-state index contributed by atoms with van der Waals surface area (Å²) in [6.07, 6.45) is 0. The van der Waals surface area contributed by atoms with Crippen LogP contribution in [0.2, 0.25) is 0 Å². The molecule has 1 saturated heterocycles. The van der Waals surface area contributed by atoms with Crippen molar-refractivity contribution in [2.75, 3.05) is 37.7 Å². The maximum Gasteiger partial charge on any atom is 0.257 e. The molecule has 6 nitrogen and oxygen atoms in total. The van der Waals surface area contributed by atoms with Gasteiger partial charge in [0.05, 0.1) is 28.6 Å². The first-order chi connectivity index (χ1) is 15.2. The highest BCUT2D eigenvalue weighted by molar-refractivity contribution is 7.09. The summed E-state index contributed by atoms with van der Waals surface area (Å²) in [5.41, 5.74) is 2.56. The number of hydrogen-bond donors (Lipinski definition) is 0. The molecule has 1 aliphatic rings. The monoisotopic (exact) mass is 437 g/mol. The van der Waals surface area contributed by atoms with E-state index in [1.807, 2.05) is 66.6 Å². The molecule has 3 aromatic rings. The van der Waals surface area contributed by atoms with E-state index in [1.165, 1.54) is 0 Å². The maximum atomic E-state index is 13.2. The molecule has 0 saturated carbocycles. The Morgan fingerprint density at radius 1 is 1.00 bits per heavy atom. The average molecular weight is 438 g/mol. The first-order valence-corrected chi connectivity index (χ1v) is 11.4. The van der Waals surface area contributed by atoms with Crippen molar-refractivity contribution in [1.82, 2.24) is 9.88 Å². The predicted octanol–water partition coefficient (Wildman–Crippen LogP) is 4.39. The van der Waals surface area contributed by atoms with Crippen molar-refractivity contribution in [2.24, 2.45) is 0 Å². The Kier molecular flexibility index (Phi) is 6.72. The molecule has 1 amide bonds. The lowest BCUT2D eigenvalue weighted by Gasteiger charge is -2.36. The number of thiazole rings is 1. The molecule has 0 atom stereocenters. The van der Waals surface area contributed by atoms with Crippen LogP contribution in [0.4, 0.5) is 5.69 Å². The third-order valence-electron chi connectivity index (χ3n) is 5.23. The van der Waals surface area contributed by atoms with Crippen molar-refractivity contribution in [1.29, 1.82) is 0 Å². The lowest BCUT2D eigenvalue weighted by Crippen LogP contribution is -2.49. The van der Waals surface area contributed by atoms with Crippen molar-refractivity contribution < 1.29 is 14.3 Å². The van der Waals surface area contributed by atoms with Crippen molar-refractivity contribution in [3.63, 3.8) is 0 Å². The molecule has 162 valence electrons. The van der Waals surface area contributed by atoms with Gasteiger partial charge < -0.3 is 19.3 Å². The molecular weight excluding hydrogens is 410 g/mol. The van der Waals surface area contributed by atoms with Crippen molar-refractivity contribution in [2.45, 2.75) is 20.5 Å². The van der Waals surface area contributed by atoms with Gasteiger partial charge in [0, 0.05) is 31.6 Å². The van der Waals surface area contributed by atoms with E-state index in [1.54, 1.807) is 11.3 Å². The van der Waals surface area contributed by atoms with E-state index in [0.29, 0.717) is 37.6 Å². The number of rotatable bonds is 7. The van der Waals surface area contributed by atoms with E-state index in [2.05, 4.69) is 16.0 Å². The number of anilines is 1. The highest BCUT2D eigenvalue weighted by atomic mass is 32.1. The molecule has 0 aliphatic carbocycles. The molecule has 1 fully saturated rings. The summed E-state index contributed by atoms with van der Waals surface area (Å²) in [5, 5.41) is 2.99. The predicted molar refractivity (Wildman–Crippen MR) is 123 cm³/mol. The standard InChI is InChI=1S/C24H27N3O3S/c1-3-29-23-11-7-5-9-21(23)26-12-14-27(15-13-26)24(28)20-8-4-6-10-22(20)30-16-19-17-31-18(2)25-19/h4-11,17H,3,12-16H2,1-2H3. The second kappa shape index (κ2) is 9.83. The zero-order chi connectivity index (χ0) is 21.6. The summed E-state index contributed by atoms with van der Waals surface area (Å²) in [6, 6.07) is 15.5. The molecule has 0 bridgehead atoms. The van der Waals surface area contributed by atoms with Crippen LogP contribution in [0, 0.1) is 6.92 Å². The molecule has 4 rings (SSSR count). The first-order valence-electron chi connectivity index (χ1n) is 10.5. The molecule has 0 N–H and O–H groups in total. The number of hydrogen-bond acceptors (Lipinski definition) is 6. The quantitative estimate of drug-likeness (QED) is 0.549. The molecule has 0 spiro atoms. The molecule has 0 unspecified atom stereocenters. The summed E-state index contributed by atoms with van der Waals surface area (Å²) < 4.78 is 11.7. The van der Waals surface area contributed by atoms with E-state index in [9.17, 15) is 4.79 Å². The van der Waals surface area contributed by atoms with Crippen molar-refractivity contribution >= 4 is 22.9 Å². The Labute approximate surface area is 187 Å². The largest absolute Gasteiger partial charge is 0.492 e. The van der Waals surface area contributed by atoms with Gasteiger partial charge in [0.25, 0.3) is 5.91 Å². The van der Waals surface area contributed by atoms with Gasteiger partial charge in [-0.05, 0) is 38.1 Å². The minimum absolute atomic E-state index is 0.00259. The van der Waals surface area contributed by atoms with E-state index in [4.69, 9.17) is 9.47 Å². The number of aromatic nitrogens is 1. The Balaban J connectivity index is 1.41. The minimum atomic E-state index is 0.00259. The number of benzene rings is 2. The number of piperazine rings is 1. The van der Waals surface area contributed by atoms with Gasteiger partial charge in [0.15, 0.2) is 0 Å². The number of ether oxygens (including phenoxy) is 2. The highest BCUT2D eigenvalue weighted by Gasteiger charge is 2.25. The lowest BCUT2D eigenvalue weighted by molar-refractivity contribution is 0.0741. The summed E-state index contributed by atoms with van der Waals surface area (Å²) in [6.45, 7) is 7.77. The van der Waals surface area contributed by atoms with Gasteiger partial charge >= 0.3 is 0 Å². The van der Waals surface area contributed by atoms with Crippen molar-refractivity contribution in [3.8, 4) is 11.5 Å². The summed E-state index contributed by atoms with van der Waals surface area (Å²) in [4.78, 5) is 21.8. The van der Waals surface area contributed by atoms with Gasteiger partial charge in [0.1, 0.15) is 18.1 Å². The number of amides is 1. The van der Waals surface area contributed by atoms with Crippen LogP contribution in [-0.4, -0.2) is 48.6 Å². The molecule has 2 aromatic carbocycles. The molecule has 1 aliphatic heterocycles. The smallest absolute Gasteiger partial charge is 0.257 e. The topological polar surface area (TPSA) is 54.9 Å². The normalized spacial score (nSPS) is 13.9. The van der Waals surface area contributed by atoms with Crippen molar-refractivity contribution in [3.05, 3.63) is 70.2 Å². The van der Waals surface area contributed by atoms with Gasteiger partial charge in [-0.2, -0.15) is 0 Å². The van der Waals surface area contributed by atoms with Crippen LogP contribution in [0.15, 0.2) is 53.9 Å². The number of carbonyl (C=O) groups excluding carboxylic acids is 1. The van der Waals surface area contributed by atoms with Crippen LogP contribution in [0.1, 0.15) is 28.0 Å². The second-order valence-corrected chi connectivity index (χ2v) is 8.38. The Bertz CT molecular complexity index is 1030. The van der Waals surface area contributed by atoms with E-state index in [-0.39, 0.29) is 5.91 Å². The van der Waals surface area contributed by atoms with Gasteiger partial charge in [-0.15, -0.1) is 11.3 Å². The number of para-hydroxylation sites is 3. The summed E-state index contributed by atoms with van der Waals surface area (Å²) in [7, 11) is 0. The van der Waals surface area contributed by atoms with E-state index >= 15 is 0 Å². The second-order valence-electron chi connectivity index (χ2n) is 7.32. The number of carbonyl (C=O) groups is 1. The van der Waals surface area contributed by atoms with Gasteiger partial charge in [-0.25, -0.2) is 4.98 Å². The minimum Gasteiger partial charge on any atom is -0.492 e. The molecule has 0 radical (unpaired) electrons. The van der Waals surface area contributed by atoms with Crippen LogP contribution < -0.4 is 14.4 Å². The van der Waals surface area contributed by atoms with E-state index in [0.717, 1.165) is 35.2 Å². The Morgan fingerprint density at radius 2 is 1.71 bits per heavy atom. The SMILES string of the molecule is CCOc1ccccc1N1CCN(C(=O)c2ccccc2OCc2csc(C)n2)CC1. The number of nitrogens with zero attached hydrogens (tertiary/aromatic N) is 3. The zero-order valence-corrected chi connectivity index (χ0v) is 18.7. The fourth-order valence-corrected chi connectivity index (χ4v) is 4.31. The van der Waals surface area contributed by atoms with E-state index < -0.39 is 0 Å². The third-order valence-corrected chi connectivity index (χ3v) is 6.05. The van der Waals surface area contributed by atoms with Gasteiger partial charge in [-0.3, -0.25) is 4.79 Å². The molecule has 7 heteroatoms. The van der Waals surface area contributed by atoms with Gasteiger partial charge in [-0.1, -0.05) is 24.3 Å². The van der Waals surface area contributed by atoms with Crippen LogP contribution in [0.3, 0.4) is 0 Å². The lowest BCUT2D eigenvalue weighted by atomic mass is 10.1. The number of aryl methyl sites for hydroxylation is 1. The summed E-state index contributed by atoms with van der Waals surface area (Å²) >= 11 is 1.60.